The second kappa shape index (κ2) is 9.18. The van der Waals surface area contributed by atoms with E-state index in [2.05, 4.69) is 29.0 Å². The number of nitrogens with zero attached hydrogens (tertiary/aromatic N) is 2. The van der Waals surface area contributed by atoms with Crippen molar-refractivity contribution in [2.24, 2.45) is 11.8 Å². The first-order valence-electron chi connectivity index (χ1n) is 10.2. The Kier molecular flexibility index (Phi) is 6.88. The molecule has 2 aliphatic heterocycles. The highest BCUT2D eigenvalue weighted by Crippen LogP contribution is 2.20. The molecule has 2 heterocycles. The third-order valence-electron chi connectivity index (χ3n) is 5.80. The zero-order chi connectivity index (χ0) is 20.3. The number of amides is 1. The number of piperidine rings is 1. The van der Waals surface area contributed by atoms with Gasteiger partial charge in [-0.3, -0.25) is 4.79 Å². The molecule has 2 fully saturated rings. The fourth-order valence-electron chi connectivity index (χ4n) is 4.27. The van der Waals surface area contributed by atoms with Crippen LogP contribution in [0.15, 0.2) is 18.2 Å². The molecule has 0 aliphatic carbocycles. The van der Waals surface area contributed by atoms with Crippen LogP contribution in [-0.2, 0) is 4.79 Å². The summed E-state index contributed by atoms with van der Waals surface area (Å²) in [5.41, 5.74) is 1.29. The van der Waals surface area contributed by atoms with E-state index < -0.39 is 0 Å². The number of benzene rings is 1. The monoisotopic (exact) mass is 407 g/mol. The van der Waals surface area contributed by atoms with E-state index >= 15 is 0 Å². The molecule has 2 aliphatic rings. The summed E-state index contributed by atoms with van der Waals surface area (Å²) in [7, 11) is 0. The molecule has 2 atom stereocenters. The minimum absolute atomic E-state index is 0.234. The summed E-state index contributed by atoms with van der Waals surface area (Å²) in [5.74, 6) is 1.23. The molecule has 28 heavy (non-hydrogen) atoms. The van der Waals surface area contributed by atoms with Crippen molar-refractivity contribution in [1.29, 1.82) is 0 Å². The Morgan fingerprint density at radius 2 is 1.86 bits per heavy atom. The maximum Gasteiger partial charge on any atom is 0.277 e. The van der Waals surface area contributed by atoms with E-state index in [0.29, 0.717) is 34.7 Å². The maximum absolute atomic E-state index is 13.7. The lowest BCUT2D eigenvalue weighted by Crippen LogP contribution is -3.15. The van der Waals surface area contributed by atoms with Crippen LogP contribution in [0.4, 0.5) is 10.1 Å². The number of halogens is 1. The molecule has 154 valence electrons. The predicted molar refractivity (Wildman–Crippen MR) is 114 cm³/mol. The van der Waals surface area contributed by atoms with Gasteiger partial charge in [-0.25, -0.2) is 4.39 Å². The van der Waals surface area contributed by atoms with Gasteiger partial charge in [-0.2, -0.15) is 0 Å². The molecule has 0 bridgehead atoms. The van der Waals surface area contributed by atoms with Crippen molar-refractivity contribution >= 4 is 28.9 Å². The summed E-state index contributed by atoms with van der Waals surface area (Å²) in [5, 5.41) is 3.75. The van der Waals surface area contributed by atoms with Gasteiger partial charge in [-0.1, -0.05) is 19.9 Å². The van der Waals surface area contributed by atoms with Gasteiger partial charge >= 0.3 is 0 Å². The van der Waals surface area contributed by atoms with Crippen molar-refractivity contribution in [3.63, 3.8) is 0 Å². The van der Waals surface area contributed by atoms with Crippen LogP contribution in [0.5, 0.6) is 0 Å². The fraction of sp³-hybridized carbons (Fsp3) is 0.619. The van der Waals surface area contributed by atoms with Crippen LogP contribution in [0.3, 0.4) is 0 Å². The minimum atomic E-state index is -0.234. The van der Waals surface area contributed by atoms with Crippen molar-refractivity contribution in [1.82, 2.24) is 9.80 Å². The Morgan fingerprint density at radius 3 is 2.46 bits per heavy atom. The van der Waals surface area contributed by atoms with Crippen molar-refractivity contribution in [3.05, 3.63) is 29.6 Å². The third kappa shape index (κ3) is 5.41. The van der Waals surface area contributed by atoms with E-state index in [1.807, 2.05) is 6.07 Å². The van der Waals surface area contributed by atoms with E-state index in [-0.39, 0.29) is 11.7 Å². The van der Waals surface area contributed by atoms with E-state index in [0.717, 1.165) is 39.3 Å². The number of carbonyl (C=O) groups is 1. The number of rotatable bonds is 3. The van der Waals surface area contributed by atoms with Gasteiger partial charge < -0.3 is 20.0 Å². The number of hydrogen-bond donors (Lipinski definition) is 2. The number of nitrogens with one attached hydrogen (secondary N) is 2. The number of thiocarbonyl (C=S) groups is 1. The summed E-state index contributed by atoms with van der Waals surface area (Å²) in [6.07, 6.45) is 1.21. The number of anilines is 1. The molecule has 7 heteroatoms. The van der Waals surface area contributed by atoms with Gasteiger partial charge in [0.1, 0.15) is 5.82 Å². The molecule has 0 unspecified atom stereocenters. The van der Waals surface area contributed by atoms with Crippen LogP contribution >= 0.6 is 12.2 Å². The van der Waals surface area contributed by atoms with Crippen molar-refractivity contribution in [2.45, 2.75) is 27.2 Å². The van der Waals surface area contributed by atoms with Crippen LogP contribution < -0.4 is 10.2 Å². The average Bonchev–Trinajstić information content (AvgIpc) is 2.64. The Balaban J connectivity index is 1.45. The van der Waals surface area contributed by atoms with E-state index in [1.165, 1.54) is 17.4 Å². The number of piperazine rings is 1. The molecule has 1 aromatic carbocycles. The van der Waals surface area contributed by atoms with Crippen molar-refractivity contribution in [3.8, 4) is 0 Å². The first kappa shape index (κ1) is 21.0. The van der Waals surface area contributed by atoms with E-state index in [4.69, 9.17) is 12.2 Å². The lowest BCUT2D eigenvalue weighted by Gasteiger charge is -2.37. The summed E-state index contributed by atoms with van der Waals surface area (Å²) in [6.45, 7) is 11.9. The number of aryl methyl sites for hydroxylation is 1. The predicted octanol–water partition coefficient (Wildman–Crippen LogP) is 1.54. The molecule has 1 aromatic rings. The second-order valence-electron chi connectivity index (χ2n) is 8.55. The van der Waals surface area contributed by atoms with Crippen LogP contribution in [0.2, 0.25) is 0 Å². The normalized spacial score (nSPS) is 23.6. The summed E-state index contributed by atoms with van der Waals surface area (Å²) < 4.78 is 13.7. The SMILES string of the molecule is Cc1ccc(NC(=S)N2CC[NH+](CC(=O)N3C[C@@H](C)C[C@H](C)C3)CC2)cc1F. The summed E-state index contributed by atoms with van der Waals surface area (Å²) in [4.78, 5) is 18.2. The Hall–Kier alpha value is -1.73. The Labute approximate surface area is 172 Å². The molecular formula is C21H32FN4OS+. The zero-order valence-corrected chi connectivity index (χ0v) is 17.9. The zero-order valence-electron chi connectivity index (χ0n) is 17.1. The van der Waals surface area contributed by atoms with Crippen LogP contribution in [0.25, 0.3) is 0 Å². The molecule has 3 rings (SSSR count). The highest BCUT2D eigenvalue weighted by molar-refractivity contribution is 7.80. The van der Waals surface area contributed by atoms with Crippen molar-refractivity contribution < 1.29 is 14.1 Å². The van der Waals surface area contributed by atoms with Crippen LogP contribution in [0.1, 0.15) is 25.8 Å². The van der Waals surface area contributed by atoms with Gasteiger partial charge in [0.05, 0.1) is 26.2 Å². The van der Waals surface area contributed by atoms with Crippen LogP contribution in [-0.4, -0.2) is 66.6 Å². The molecular weight excluding hydrogens is 375 g/mol. The lowest BCUT2D eigenvalue weighted by atomic mass is 9.92. The fourth-order valence-corrected chi connectivity index (χ4v) is 4.57. The second-order valence-corrected chi connectivity index (χ2v) is 8.94. The van der Waals surface area contributed by atoms with Gasteiger partial charge in [0, 0.05) is 18.8 Å². The van der Waals surface area contributed by atoms with Gasteiger partial charge in [-0.15, -0.1) is 0 Å². The summed E-state index contributed by atoms with van der Waals surface area (Å²) >= 11 is 5.49. The molecule has 2 N–H and O–H groups in total. The third-order valence-corrected chi connectivity index (χ3v) is 6.16. The molecule has 2 saturated heterocycles. The minimum Gasteiger partial charge on any atom is -0.338 e. The number of likely N-dealkylation sites (tertiary alicyclic amines) is 1. The molecule has 5 nitrogen and oxygen atoms in total. The Morgan fingerprint density at radius 1 is 1.21 bits per heavy atom. The van der Waals surface area contributed by atoms with Gasteiger partial charge in [0.15, 0.2) is 11.7 Å². The average molecular weight is 408 g/mol. The van der Waals surface area contributed by atoms with Crippen LogP contribution in [0, 0.1) is 24.6 Å². The first-order chi connectivity index (χ1) is 13.3. The smallest absolute Gasteiger partial charge is 0.277 e. The quantitative estimate of drug-likeness (QED) is 0.746. The molecule has 1 amide bonds. The highest BCUT2D eigenvalue weighted by Gasteiger charge is 2.29. The molecule has 0 radical (unpaired) electrons. The lowest BCUT2D eigenvalue weighted by molar-refractivity contribution is -0.896. The van der Waals surface area contributed by atoms with Gasteiger partial charge in [0.2, 0.25) is 0 Å². The Bertz CT molecular complexity index is 710. The van der Waals surface area contributed by atoms with E-state index in [1.54, 1.807) is 13.0 Å². The number of hydrogen-bond acceptors (Lipinski definition) is 2. The van der Waals surface area contributed by atoms with Gasteiger partial charge in [-0.05, 0) is 55.1 Å². The molecule has 0 saturated carbocycles. The molecule has 0 aromatic heterocycles. The number of carbonyl (C=O) groups excluding carboxylic acids is 1. The summed E-state index contributed by atoms with van der Waals surface area (Å²) in [6, 6.07) is 5.06. The van der Waals surface area contributed by atoms with Crippen molar-refractivity contribution in [2.75, 3.05) is 51.1 Å². The van der Waals surface area contributed by atoms with Gasteiger partial charge in [0.25, 0.3) is 5.91 Å². The first-order valence-corrected chi connectivity index (χ1v) is 10.7. The topological polar surface area (TPSA) is 40.0 Å². The highest BCUT2D eigenvalue weighted by atomic mass is 32.1. The largest absolute Gasteiger partial charge is 0.338 e. The maximum atomic E-state index is 13.7. The van der Waals surface area contributed by atoms with E-state index in [9.17, 15) is 9.18 Å². The molecule has 0 spiro atoms. The number of quaternary nitrogens is 1. The standard InChI is InChI=1S/C21H31FN4OS/c1-15-10-16(2)13-26(12-15)20(27)14-24-6-8-25(9-7-24)21(28)23-18-5-4-17(3)19(22)11-18/h4-5,11,15-16H,6-10,12-14H2,1-3H3,(H,23,28)/p+1/t15-,16-/m0/s1.